The number of nitrogens with one attached hydrogen (secondary N) is 1. The number of rotatable bonds is 6. The van der Waals surface area contributed by atoms with Crippen LogP contribution >= 0.6 is 31.5 Å². The molecule has 0 saturated carbocycles. The van der Waals surface area contributed by atoms with E-state index in [4.69, 9.17) is 0 Å². The number of nitrogens with zero attached hydrogens (tertiary/aromatic N) is 4. The van der Waals surface area contributed by atoms with Gasteiger partial charge in [0.2, 0.25) is 0 Å². The SMILES string of the molecule is O=C(c1ccc(I2CCC2)cc1NS(=O)(=O)c1cccc2nsnc12)N1CCN(c2ccccc2O)CC1. The molecule has 0 aliphatic carbocycles. The Morgan fingerprint density at radius 1 is 0.974 bits per heavy atom. The zero-order valence-corrected chi connectivity index (χ0v) is 24.2. The van der Waals surface area contributed by atoms with Gasteiger partial charge in [-0.3, -0.25) is 0 Å². The molecular weight excluding hydrogens is 637 g/mol. The third-order valence-corrected chi connectivity index (χ3v) is 15.3. The Balaban J connectivity index is 1.28. The van der Waals surface area contributed by atoms with Gasteiger partial charge >= 0.3 is 227 Å². The van der Waals surface area contributed by atoms with Crippen molar-refractivity contribution < 1.29 is 18.3 Å². The normalized spacial score (nSPS) is 16.9. The molecule has 1 aromatic heterocycles. The molecule has 38 heavy (non-hydrogen) atoms. The van der Waals surface area contributed by atoms with Gasteiger partial charge in [0.15, 0.2) is 0 Å². The molecule has 2 N–H and O–H groups in total. The zero-order chi connectivity index (χ0) is 26.3. The Morgan fingerprint density at radius 2 is 1.76 bits per heavy atom. The van der Waals surface area contributed by atoms with Crippen molar-refractivity contribution in [2.45, 2.75) is 11.3 Å². The van der Waals surface area contributed by atoms with Crippen molar-refractivity contribution in [3.8, 4) is 5.75 Å². The number of benzene rings is 3. The third kappa shape index (κ3) is 4.80. The fraction of sp³-hybridized carbons (Fsp3) is 0.269. The van der Waals surface area contributed by atoms with E-state index in [2.05, 4.69) is 18.4 Å². The van der Waals surface area contributed by atoms with Gasteiger partial charge in [-0.1, -0.05) is 6.07 Å². The van der Waals surface area contributed by atoms with E-state index in [1.165, 1.54) is 24.9 Å². The van der Waals surface area contributed by atoms with Crippen LogP contribution in [0, 0.1) is 3.57 Å². The van der Waals surface area contributed by atoms with Gasteiger partial charge in [0, 0.05) is 0 Å². The third-order valence-electron chi connectivity index (χ3n) is 6.82. The number of hydrogen-bond acceptors (Lipinski definition) is 8. The number of phenolic OH excluding ortho intramolecular Hbond substituents is 1. The van der Waals surface area contributed by atoms with Gasteiger partial charge in [0.25, 0.3) is 0 Å². The second kappa shape index (κ2) is 10.3. The molecular formula is C26H26IN5O4S2. The number of piperazine rings is 1. The van der Waals surface area contributed by atoms with Crippen molar-refractivity contribution in [3.05, 3.63) is 69.8 Å². The van der Waals surface area contributed by atoms with Crippen molar-refractivity contribution in [3.63, 3.8) is 0 Å². The number of anilines is 2. The van der Waals surface area contributed by atoms with Gasteiger partial charge < -0.3 is 0 Å². The summed E-state index contributed by atoms with van der Waals surface area (Å²) in [4.78, 5) is 17.6. The molecule has 2 fully saturated rings. The van der Waals surface area contributed by atoms with Crippen molar-refractivity contribution in [2.75, 3.05) is 44.7 Å². The number of carbonyl (C=O) groups is 1. The van der Waals surface area contributed by atoms with Gasteiger partial charge in [-0.25, -0.2) is 0 Å². The van der Waals surface area contributed by atoms with E-state index in [0.29, 0.717) is 48.5 Å². The molecule has 0 radical (unpaired) electrons. The monoisotopic (exact) mass is 663 g/mol. The van der Waals surface area contributed by atoms with E-state index in [1.807, 2.05) is 24.3 Å². The van der Waals surface area contributed by atoms with Crippen molar-refractivity contribution in [2.24, 2.45) is 0 Å². The fourth-order valence-electron chi connectivity index (χ4n) is 4.69. The maximum absolute atomic E-state index is 13.7. The van der Waals surface area contributed by atoms with E-state index >= 15 is 0 Å². The topological polar surface area (TPSA) is 116 Å². The van der Waals surface area contributed by atoms with Crippen LogP contribution < -0.4 is 9.62 Å². The van der Waals surface area contributed by atoms with Gasteiger partial charge in [0.1, 0.15) is 0 Å². The molecule has 6 rings (SSSR count). The van der Waals surface area contributed by atoms with Crippen molar-refractivity contribution in [1.82, 2.24) is 13.6 Å². The van der Waals surface area contributed by atoms with Gasteiger partial charge in [-0.05, 0) is 0 Å². The summed E-state index contributed by atoms with van der Waals surface area (Å²) >= 11 is -0.327. The molecule has 3 heterocycles. The average Bonchev–Trinajstić information content (AvgIpc) is 3.37. The molecule has 0 atom stereocenters. The van der Waals surface area contributed by atoms with E-state index in [0.717, 1.165) is 17.4 Å². The van der Waals surface area contributed by atoms with Crippen molar-refractivity contribution >= 4 is 69.9 Å². The molecule has 4 aromatic rings. The molecule has 0 spiro atoms. The summed E-state index contributed by atoms with van der Waals surface area (Å²) < 4.78 is 41.8. The first kappa shape index (κ1) is 25.3. The first-order chi connectivity index (χ1) is 18.4. The average molecular weight is 664 g/mol. The van der Waals surface area contributed by atoms with Crippen LogP contribution in [0.2, 0.25) is 0 Å². The number of carbonyl (C=O) groups excluding carboxylic acids is 1. The molecule has 0 bridgehead atoms. The summed E-state index contributed by atoms with van der Waals surface area (Å²) in [5.41, 5.74) is 2.25. The summed E-state index contributed by atoms with van der Waals surface area (Å²) in [5, 5.41) is 10.2. The summed E-state index contributed by atoms with van der Waals surface area (Å²) in [5.74, 6) is 0.00251. The molecule has 12 heteroatoms. The second-order valence-corrected chi connectivity index (χ2v) is 17.3. The summed E-state index contributed by atoms with van der Waals surface area (Å²) in [6, 6.07) is 17.7. The minimum atomic E-state index is -4.01. The van der Waals surface area contributed by atoms with E-state index in [9.17, 15) is 18.3 Å². The Hall–Kier alpha value is -2.97. The maximum atomic E-state index is 13.7. The number of fused-ring (bicyclic) bond motifs is 1. The predicted octanol–water partition coefficient (Wildman–Crippen LogP) is 4.24. The number of aromatic hydroxyl groups is 1. The quantitative estimate of drug-likeness (QED) is 0.234. The molecule has 1 amide bonds. The Kier molecular flexibility index (Phi) is 6.86. The molecule has 198 valence electrons. The number of aromatic nitrogens is 2. The first-order valence-electron chi connectivity index (χ1n) is 12.2. The van der Waals surface area contributed by atoms with E-state index < -0.39 is 29.8 Å². The van der Waals surface area contributed by atoms with Crippen LogP contribution in [-0.2, 0) is 10.0 Å². The van der Waals surface area contributed by atoms with Crippen LogP contribution in [-0.4, -0.2) is 68.1 Å². The summed E-state index contributed by atoms with van der Waals surface area (Å²) in [7, 11) is -4.01. The number of amides is 1. The van der Waals surface area contributed by atoms with Crippen LogP contribution in [0.4, 0.5) is 11.4 Å². The Morgan fingerprint density at radius 3 is 2.50 bits per heavy atom. The van der Waals surface area contributed by atoms with E-state index in [-0.39, 0.29) is 16.6 Å². The zero-order valence-electron chi connectivity index (χ0n) is 20.4. The molecule has 2 aliphatic heterocycles. The van der Waals surface area contributed by atoms with Crippen LogP contribution in [0.25, 0.3) is 11.0 Å². The molecule has 9 nitrogen and oxygen atoms in total. The minimum absolute atomic E-state index is 0.0475. The van der Waals surface area contributed by atoms with Crippen molar-refractivity contribution in [1.29, 1.82) is 0 Å². The van der Waals surface area contributed by atoms with Gasteiger partial charge in [-0.2, -0.15) is 0 Å². The number of phenols is 1. The fourth-order valence-corrected chi connectivity index (χ4v) is 10.7. The van der Waals surface area contributed by atoms with Crippen LogP contribution in [0.5, 0.6) is 5.75 Å². The number of hydrogen-bond donors (Lipinski definition) is 2. The standard InChI is InChI=1S/C26H26IN5O4S2/c33-23-7-2-1-6-22(23)31-13-15-32(16-14-31)26(34)19-10-9-18(27-11-4-12-27)17-21(19)30-38(35,36)24-8-3-5-20-25(24)29-37-28-20/h1-3,5-10,17,30,33H,4,11-16H2. The Bertz CT molecular complexity index is 1610. The van der Waals surface area contributed by atoms with Gasteiger partial charge in [-0.15, -0.1) is 0 Å². The van der Waals surface area contributed by atoms with E-state index in [1.54, 1.807) is 35.2 Å². The molecule has 0 unspecified atom stereocenters. The Labute approximate surface area is 232 Å². The predicted molar refractivity (Wildman–Crippen MR) is 158 cm³/mol. The molecule has 3 aromatic carbocycles. The molecule has 2 saturated heterocycles. The second-order valence-electron chi connectivity index (χ2n) is 9.14. The van der Waals surface area contributed by atoms with Crippen LogP contribution in [0.1, 0.15) is 16.8 Å². The summed E-state index contributed by atoms with van der Waals surface area (Å²) in [6.07, 6.45) is 1.21. The van der Waals surface area contributed by atoms with Gasteiger partial charge in [0.05, 0.1) is 0 Å². The first-order valence-corrected chi connectivity index (χ1v) is 18.6. The molecule has 2 aliphatic rings. The van der Waals surface area contributed by atoms with Crippen LogP contribution in [0.15, 0.2) is 65.6 Å². The number of sulfonamides is 1. The summed E-state index contributed by atoms with van der Waals surface area (Å²) in [6.45, 7) is 2.06. The number of para-hydroxylation sites is 2. The number of alkyl halides is 2. The number of halogens is 1. The van der Waals surface area contributed by atoms with Crippen LogP contribution in [0.3, 0.4) is 0 Å².